The largest absolute Gasteiger partial charge is 0.357 e. The molecule has 0 spiro atoms. The molecule has 8 rings (SSSR count). The zero-order valence-corrected chi connectivity index (χ0v) is 20.1. The molecule has 5 fully saturated rings. The number of Topliss-reactive ketones (excluding diaryl/α,β-unsaturated/α-hetero) is 1. The molecule has 0 aromatic heterocycles. The van der Waals surface area contributed by atoms with Gasteiger partial charge in [-0.1, -0.05) is 42.5 Å². The van der Waals surface area contributed by atoms with Gasteiger partial charge in [0.1, 0.15) is 5.82 Å². The van der Waals surface area contributed by atoms with Gasteiger partial charge in [-0.05, 0) is 85.1 Å². The van der Waals surface area contributed by atoms with Gasteiger partial charge in [-0.2, -0.15) is 10.5 Å². The molecule has 36 heavy (non-hydrogen) atoms. The van der Waals surface area contributed by atoms with E-state index in [1.54, 1.807) is 18.2 Å². The standard InChI is InChI=1S/C31H28FN3O/c32-25-8-4-3-7-24(25)26-27(29(36)30-14-19-11-20(15-30)13-21(12-19)16-30)35-10-9-22-5-1-2-6-23(22)28(35)31(26,17-33)18-34/h1-10,19-21,26-28H,11-16H2/t19?,20?,21?,26-,27+,28?,30?/m0/s1. The Kier molecular flexibility index (Phi) is 4.56. The Balaban J connectivity index is 1.44. The van der Waals surface area contributed by atoms with Crippen LogP contribution < -0.4 is 0 Å². The quantitative estimate of drug-likeness (QED) is 0.533. The van der Waals surface area contributed by atoms with Gasteiger partial charge in [-0.25, -0.2) is 4.39 Å². The van der Waals surface area contributed by atoms with Gasteiger partial charge in [0.05, 0.1) is 24.2 Å². The molecule has 180 valence electrons. The highest BCUT2D eigenvalue weighted by Crippen LogP contribution is 2.65. The van der Waals surface area contributed by atoms with Crippen LogP contribution in [0, 0.1) is 57.1 Å². The summed E-state index contributed by atoms with van der Waals surface area (Å²) in [6.07, 6.45) is 10.2. The summed E-state index contributed by atoms with van der Waals surface area (Å²) < 4.78 is 15.5. The van der Waals surface area contributed by atoms with Crippen LogP contribution in [0.4, 0.5) is 4.39 Å². The molecule has 2 aromatic carbocycles. The van der Waals surface area contributed by atoms with Crippen molar-refractivity contribution in [2.75, 3.05) is 0 Å². The van der Waals surface area contributed by atoms with E-state index in [0.717, 1.165) is 30.4 Å². The van der Waals surface area contributed by atoms with Crippen molar-refractivity contribution in [3.05, 3.63) is 77.2 Å². The van der Waals surface area contributed by atoms with Gasteiger partial charge in [-0.15, -0.1) is 0 Å². The second kappa shape index (κ2) is 7.53. The summed E-state index contributed by atoms with van der Waals surface area (Å²) in [7, 11) is 0. The number of hydrogen-bond donors (Lipinski definition) is 0. The zero-order chi connectivity index (χ0) is 24.7. The summed E-state index contributed by atoms with van der Waals surface area (Å²) in [5, 5.41) is 21.4. The van der Waals surface area contributed by atoms with Crippen molar-refractivity contribution in [3.8, 4) is 12.1 Å². The molecule has 0 amide bonds. The lowest BCUT2D eigenvalue weighted by molar-refractivity contribution is -0.148. The fraction of sp³-hybridized carbons (Fsp3) is 0.452. The molecule has 1 unspecified atom stereocenters. The van der Waals surface area contributed by atoms with Crippen molar-refractivity contribution in [2.45, 2.75) is 56.5 Å². The Labute approximate surface area is 211 Å². The minimum absolute atomic E-state index is 0.122. The molecule has 0 radical (unpaired) electrons. The topological polar surface area (TPSA) is 67.9 Å². The van der Waals surface area contributed by atoms with Crippen LogP contribution in [0.5, 0.6) is 0 Å². The minimum Gasteiger partial charge on any atom is -0.357 e. The predicted octanol–water partition coefficient (Wildman–Crippen LogP) is 6.14. The fourth-order valence-corrected chi connectivity index (χ4v) is 9.09. The summed E-state index contributed by atoms with van der Waals surface area (Å²) in [5.41, 5.74) is 0.0447. The van der Waals surface area contributed by atoms with Crippen molar-refractivity contribution in [2.24, 2.45) is 28.6 Å². The molecule has 4 aliphatic carbocycles. The zero-order valence-electron chi connectivity index (χ0n) is 20.1. The van der Waals surface area contributed by atoms with Gasteiger partial charge in [-0.3, -0.25) is 4.79 Å². The molecule has 5 heteroatoms. The second-order valence-electron chi connectivity index (χ2n) is 11.9. The van der Waals surface area contributed by atoms with Crippen LogP contribution in [0.15, 0.2) is 54.7 Å². The number of carbonyl (C=O) groups is 1. The number of fused-ring (bicyclic) bond motifs is 3. The maximum atomic E-state index is 15.5. The van der Waals surface area contributed by atoms with Crippen LogP contribution in [-0.2, 0) is 4.79 Å². The highest BCUT2D eigenvalue weighted by Gasteiger charge is 2.67. The Hall–Kier alpha value is -3.44. The number of hydrogen-bond acceptors (Lipinski definition) is 4. The van der Waals surface area contributed by atoms with Crippen molar-refractivity contribution < 1.29 is 9.18 Å². The first-order valence-corrected chi connectivity index (χ1v) is 13.2. The summed E-state index contributed by atoms with van der Waals surface area (Å²) >= 11 is 0. The molecular formula is C31H28FN3O. The first-order valence-electron chi connectivity index (χ1n) is 13.2. The van der Waals surface area contributed by atoms with E-state index in [1.807, 2.05) is 41.4 Å². The van der Waals surface area contributed by atoms with Gasteiger partial charge in [0.15, 0.2) is 11.2 Å². The molecule has 2 heterocycles. The first kappa shape index (κ1) is 21.8. The van der Waals surface area contributed by atoms with E-state index < -0.39 is 34.6 Å². The number of rotatable bonds is 3. The van der Waals surface area contributed by atoms with Gasteiger partial charge >= 0.3 is 0 Å². The van der Waals surface area contributed by atoms with Gasteiger partial charge in [0.2, 0.25) is 0 Å². The first-order chi connectivity index (χ1) is 17.5. The highest BCUT2D eigenvalue weighted by atomic mass is 19.1. The van der Waals surface area contributed by atoms with Crippen molar-refractivity contribution in [1.82, 2.24) is 4.90 Å². The molecule has 1 saturated heterocycles. The molecule has 6 aliphatic rings. The number of benzene rings is 2. The molecule has 0 N–H and O–H groups in total. The molecule has 4 saturated carbocycles. The van der Waals surface area contributed by atoms with Crippen molar-refractivity contribution >= 4 is 11.9 Å². The third-order valence-electron chi connectivity index (χ3n) is 10.0. The van der Waals surface area contributed by atoms with Crippen LogP contribution in [0.1, 0.15) is 67.2 Å². The lowest BCUT2D eigenvalue weighted by atomic mass is 9.47. The Morgan fingerprint density at radius 2 is 1.47 bits per heavy atom. The third-order valence-corrected chi connectivity index (χ3v) is 10.0. The van der Waals surface area contributed by atoms with Crippen LogP contribution in [-0.4, -0.2) is 16.7 Å². The van der Waals surface area contributed by atoms with E-state index in [2.05, 4.69) is 12.1 Å². The normalized spacial score (nSPS) is 36.6. The SMILES string of the molecule is N#CC1(C#N)C2c3ccccc3C=CN2[C@@H](C(=O)C23CC4CC(CC(C4)C2)C3)[C@@H]1c1ccccc1F. The molecular weight excluding hydrogens is 449 g/mol. The maximum Gasteiger partial charge on any atom is 0.177 e. The third kappa shape index (κ3) is 2.75. The van der Waals surface area contributed by atoms with E-state index in [1.165, 1.54) is 25.3 Å². The lowest BCUT2D eigenvalue weighted by Gasteiger charge is -2.57. The Bertz CT molecular complexity index is 1330. The van der Waals surface area contributed by atoms with Crippen LogP contribution in [0.2, 0.25) is 0 Å². The number of ketones is 1. The Morgan fingerprint density at radius 1 is 0.889 bits per heavy atom. The molecule has 4 bridgehead atoms. The average Bonchev–Trinajstić information content (AvgIpc) is 3.18. The van der Waals surface area contributed by atoms with E-state index in [-0.39, 0.29) is 5.78 Å². The minimum atomic E-state index is -1.61. The summed E-state index contributed by atoms with van der Waals surface area (Å²) in [5.74, 6) is 0.528. The molecule has 2 aromatic rings. The molecule has 4 nitrogen and oxygen atoms in total. The van der Waals surface area contributed by atoms with Crippen LogP contribution >= 0.6 is 0 Å². The summed E-state index contributed by atoms with van der Waals surface area (Å²) in [6, 6.07) is 17.4. The second-order valence-corrected chi connectivity index (χ2v) is 11.9. The average molecular weight is 478 g/mol. The predicted molar refractivity (Wildman–Crippen MR) is 132 cm³/mol. The van der Waals surface area contributed by atoms with Gasteiger partial charge in [0.25, 0.3) is 0 Å². The van der Waals surface area contributed by atoms with Gasteiger partial charge < -0.3 is 4.90 Å². The fourth-order valence-electron chi connectivity index (χ4n) is 9.09. The molecule has 2 aliphatic heterocycles. The van der Waals surface area contributed by atoms with E-state index in [0.29, 0.717) is 23.3 Å². The highest BCUT2D eigenvalue weighted by molar-refractivity contribution is 5.93. The Morgan fingerprint density at radius 3 is 2.08 bits per heavy atom. The van der Waals surface area contributed by atoms with Crippen molar-refractivity contribution in [3.63, 3.8) is 0 Å². The summed E-state index contributed by atoms with van der Waals surface area (Å²) in [6.45, 7) is 0. The van der Waals surface area contributed by atoms with Crippen LogP contribution in [0.3, 0.4) is 0 Å². The molecule has 3 atom stereocenters. The van der Waals surface area contributed by atoms with E-state index >= 15 is 4.39 Å². The number of carbonyl (C=O) groups excluding carboxylic acids is 1. The van der Waals surface area contributed by atoms with Crippen LogP contribution in [0.25, 0.3) is 6.08 Å². The van der Waals surface area contributed by atoms with Crippen molar-refractivity contribution in [1.29, 1.82) is 10.5 Å². The smallest absolute Gasteiger partial charge is 0.177 e. The van der Waals surface area contributed by atoms with Gasteiger partial charge in [0, 0.05) is 17.5 Å². The van der Waals surface area contributed by atoms with E-state index in [9.17, 15) is 15.3 Å². The maximum absolute atomic E-state index is 15.5. The number of halogens is 1. The summed E-state index contributed by atoms with van der Waals surface area (Å²) in [4.78, 5) is 16.8. The lowest BCUT2D eigenvalue weighted by Crippen LogP contribution is -2.55. The monoisotopic (exact) mass is 477 g/mol. The van der Waals surface area contributed by atoms with E-state index in [4.69, 9.17) is 0 Å². The number of nitriles is 2. The number of nitrogens with zero attached hydrogens (tertiary/aromatic N) is 3.